The molecule has 0 amide bonds. The number of nitriles is 1. The van der Waals surface area contributed by atoms with Crippen LogP contribution in [0.2, 0.25) is 0 Å². The number of azo groups is 1. The Morgan fingerprint density at radius 1 is 1.32 bits per heavy atom. The molecule has 1 aromatic heterocycles. The highest BCUT2D eigenvalue weighted by atomic mass is 32.1. The van der Waals surface area contributed by atoms with Gasteiger partial charge in [0.1, 0.15) is 12.7 Å². The topological polar surface area (TPSA) is 138 Å². The molecule has 0 saturated carbocycles. The van der Waals surface area contributed by atoms with Crippen molar-refractivity contribution in [3.05, 3.63) is 45.5 Å². The average molecular weight is 443 g/mol. The highest BCUT2D eigenvalue weighted by molar-refractivity contribution is 7.19. The van der Waals surface area contributed by atoms with Crippen LogP contribution in [0, 0.1) is 28.4 Å². The predicted octanol–water partition coefficient (Wildman–Crippen LogP) is 4.60. The number of esters is 1. The summed E-state index contributed by atoms with van der Waals surface area (Å²) in [5.74, 6) is -0.644. The molecule has 0 aliphatic carbocycles. The number of hydrogen-bond acceptors (Lipinski definition) is 10. The molecule has 0 unspecified atom stereocenters. The molecule has 0 atom stereocenters. The van der Waals surface area contributed by atoms with Gasteiger partial charge in [-0.15, -0.1) is 10.2 Å². The second kappa shape index (κ2) is 10.9. The van der Waals surface area contributed by atoms with Crippen molar-refractivity contribution >= 4 is 44.5 Å². The van der Waals surface area contributed by atoms with Crippen molar-refractivity contribution in [1.29, 1.82) is 5.26 Å². The Hall–Kier alpha value is -3.65. The summed E-state index contributed by atoms with van der Waals surface area (Å²) < 4.78 is 4.88. The summed E-state index contributed by atoms with van der Waals surface area (Å²) in [5, 5.41) is 28.2. The molecule has 0 radical (unpaired) electrons. The fourth-order valence-corrected chi connectivity index (χ4v) is 3.36. The van der Waals surface area contributed by atoms with E-state index in [2.05, 4.69) is 10.2 Å². The molecule has 0 saturated heterocycles. The number of thiophene rings is 1. The van der Waals surface area contributed by atoms with Gasteiger partial charge in [0.25, 0.3) is 0 Å². The number of carbonyl (C=O) groups is 2. The van der Waals surface area contributed by atoms with Crippen LogP contribution in [0.25, 0.3) is 0 Å². The lowest BCUT2D eigenvalue weighted by molar-refractivity contribution is -0.380. The van der Waals surface area contributed by atoms with Gasteiger partial charge in [0, 0.05) is 24.8 Å². The number of benzene rings is 1. The number of nitro groups is 1. The molecule has 0 fully saturated rings. The van der Waals surface area contributed by atoms with Gasteiger partial charge in [-0.3, -0.25) is 19.7 Å². The van der Waals surface area contributed by atoms with Crippen molar-refractivity contribution in [1.82, 2.24) is 0 Å². The number of ketones is 1. The Morgan fingerprint density at radius 3 is 2.65 bits per heavy atom. The lowest BCUT2D eigenvalue weighted by Crippen LogP contribution is -2.26. The number of carbonyl (C=O) groups excluding carboxylic acids is 2. The number of rotatable bonds is 10. The van der Waals surface area contributed by atoms with E-state index >= 15 is 0 Å². The first-order valence-corrected chi connectivity index (χ1v) is 10.2. The highest BCUT2D eigenvalue weighted by Gasteiger charge is 2.17. The van der Waals surface area contributed by atoms with E-state index in [0.29, 0.717) is 18.8 Å². The molecule has 10 nitrogen and oxygen atoms in total. The monoisotopic (exact) mass is 443 g/mol. The minimum absolute atomic E-state index is 0.101. The van der Waals surface area contributed by atoms with Gasteiger partial charge in [0.2, 0.25) is 0 Å². The lowest BCUT2D eigenvalue weighted by Gasteiger charge is -2.23. The van der Waals surface area contributed by atoms with Crippen molar-refractivity contribution in [3.8, 4) is 6.07 Å². The van der Waals surface area contributed by atoms with Crippen LogP contribution in [0.3, 0.4) is 0 Å². The molecule has 0 N–H and O–H groups in total. The van der Waals surface area contributed by atoms with E-state index in [1.54, 1.807) is 6.07 Å². The average Bonchev–Trinajstić information content (AvgIpc) is 3.15. The third-order valence-electron chi connectivity index (χ3n) is 4.20. The first-order chi connectivity index (χ1) is 14.7. The van der Waals surface area contributed by atoms with Crippen molar-refractivity contribution < 1.29 is 19.2 Å². The van der Waals surface area contributed by atoms with Gasteiger partial charge in [0.15, 0.2) is 10.8 Å². The predicted molar refractivity (Wildman–Crippen MR) is 115 cm³/mol. The molecule has 162 valence electrons. The summed E-state index contributed by atoms with van der Waals surface area (Å²) in [6, 6.07) is 8.52. The zero-order valence-electron chi connectivity index (χ0n) is 17.3. The Bertz CT molecular complexity index is 1060. The molecule has 2 rings (SSSR count). The van der Waals surface area contributed by atoms with Crippen LogP contribution >= 0.6 is 11.3 Å². The molecule has 0 spiro atoms. The third-order valence-corrected chi connectivity index (χ3v) is 5.17. The largest absolute Gasteiger partial charge is 0.458 e. The number of nitrogens with zero attached hydrogens (tertiary/aromatic N) is 5. The number of hydrogen-bond donors (Lipinski definition) is 0. The number of Topliss-reactive ketones (excluding diaryl/α,β-unsaturated/α-hetero) is 1. The van der Waals surface area contributed by atoms with Gasteiger partial charge in [-0.05, 0) is 55.9 Å². The SMILES string of the molecule is CCN(CCC(=O)OCC(C)=O)c1ccc(N=Nc2sc([N+](=O)[O-])cc2C#N)c(C)c1. The fourth-order valence-electron chi connectivity index (χ4n) is 2.61. The quantitative estimate of drug-likeness (QED) is 0.226. The minimum Gasteiger partial charge on any atom is -0.458 e. The van der Waals surface area contributed by atoms with Crippen LogP contribution in [0.15, 0.2) is 34.5 Å². The lowest BCUT2D eigenvalue weighted by atomic mass is 10.1. The van der Waals surface area contributed by atoms with E-state index in [9.17, 15) is 19.7 Å². The highest BCUT2D eigenvalue weighted by Crippen LogP contribution is 2.37. The summed E-state index contributed by atoms with van der Waals surface area (Å²) in [6.45, 7) is 6.02. The van der Waals surface area contributed by atoms with Gasteiger partial charge in [-0.25, -0.2) is 0 Å². The van der Waals surface area contributed by atoms with Gasteiger partial charge in [-0.1, -0.05) is 0 Å². The fraction of sp³-hybridized carbons (Fsp3) is 0.350. The third kappa shape index (κ3) is 6.68. The van der Waals surface area contributed by atoms with Gasteiger partial charge in [0.05, 0.1) is 22.6 Å². The Morgan fingerprint density at radius 2 is 2.06 bits per heavy atom. The normalized spacial score (nSPS) is 10.6. The van der Waals surface area contributed by atoms with Crippen molar-refractivity contribution in [2.24, 2.45) is 10.2 Å². The molecular formula is C20H21N5O5S. The molecule has 0 bridgehead atoms. The Labute approximate surface area is 182 Å². The van der Waals surface area contributed by atoms with Crippen LogP contribution in [-0.4, -0.2) is 36.4 Å². The molecule has 1 heterocycles. The van der Waals surface area contributed by atoms with Crippen LogP contribution in [0.5, 0.6) is 0 Å². The summed E-state index contributed by atoms with van der Waals surface area (Å²) in [4.78, 5) is 34.9. The second-order valence-electron chi connectivity index (χ2n) is 6.54. The molecule has 2 aromatic rings. The first-order valence-electron chi connectivity index (χ1n) is 9.35. The molecule has 31 heavy (non-hydrogen) atoms. The number of anilines is 1. The molecule has 0 aliphatic rings. The zero-order chi connectivity index (χ0) is 23.0. The van der Waals surface area contributed by atoms with Crippen LogP contribution in [-0.2, 0) is 14.3 Å². The van der Waals surface area contributed by atoms with Crippen LogP contribution in [0.4, 0.5) is 21.4 Å². The van der Waals surface area contributed by atoms with E-state index in [1.807, 2.05) is 36.9 Å². The van der Waals surface area contributed by atoms with Gasteiger partial charge in [-0.2, -0.15) is 5.26 Å². The number of ether oxygens (including phenoxy) is 1. The van der Waals surface area contributed by atoms with E-state index < -0.39 is 10.9 Å². The van der Waals surface area contributed by atoms with Crippen molar-refractivity contribution in [2.45, 2.75) is 27.2 Å². The Balaban J connectivity index is 2.11. The molecular weight excluding hydrogens is 422 g/mol. The summed E-state index contributed by atoms with van der Waals surface area (Å²) in [6.07, 6.45) is 0.149. The first kappa shape index (κ1) is 23.6. The maximum absolute atomic E-state index is 11.7. The zero-order valence-corrected chi connectivity index (χ0v) is 18.1. The van der Waals surface area contributed by atoms with Crippen molar-refractivity contribution in [3.63, 3.8) is 0 Å². The standard InChI is InChI=1S/C20H21N5O5S/c1-4-24(8-7-19(27)30-12-14(3)26)16-5-6-17(13(2)9-16)22-23-20-15(11-21)10-18(31-20)25(28)29/h5-6,9-10H,4,7-8,12H2,1-3H3. The maximum Gasteiger partial charge on any atom is 0.327 e. The van der Waals surface area contributed by atoms with E-state index in [4.69, 9.17) is 10.00 Å². The Kier molecular flexibility index (Phi) is 8.33. The van der Waals surface area contributed by atoms with Gasteiger partial charge >= 0.3 is 11.0 Å². The maximum atomic E-state index is 11.7. The summed E-state index contributed by atoms with van der Waals surface area (Å²) in [7, 11) is 0. The number of aryl methyl sites for hydroxylation is 1. The minimum atomic E-state index is -0.570. The smallest absolute Gasteiger partial charge is 0.327 e. The van der Waals surface area contributed by atoms with Crippen molar-refractivity contribution in [2.75, 3.05) is 24.6 Å². The van der Waals surface area contributed by atoms with Crippen LogP contribution < -0.4 is 4.90 Å². The molecule has 11 heteroatoms. The van der Waals surface area contributed by atoms with E-state index in [-0.39, 0.29) is 34.4 Å². The molecule has 1 aromatic carbocycles. The molecule has 0 aliphatic heterocycles. The summed E-state index contributed by atoms with van der Waals surface area (Å²) in [5.41, 5.74) is 2.34. The second-order valence-corrected chi connectivity index (χ2v) is 7.54. The van der Waals surface area contributed by atoms with Gasteiger partial charge < -0.3 is 9.64 Å². The summed E-state index contributed by atoms with van der Waals surface area (Å²) >= 11 is 0.789. The van der Waals surface area contributed by atoms with E-state index in [0.717, 1.165) is 22.6 Å². The van der Waals surface area contributed by atoms with Crippen LogP contribution in [0.1, 0.15) is 31.4 Å². The van der Waals surface area contributed by atoms with E-state index in [1.165, 1.54) is 13.0 Å².